The molecule has 136 valence electrons. The van der Waals surface area contributed by atoms with Gasteiger partial charge in [0.25, 0.3) is 0 Å². The molecule has 0 amide bonds. The van der Waals surface area contributed by atoms with Gasteiger partial charge in [0.1, 0.15) is 0 Å². The fourth-order valence-corrected chi connectivity index (χ4v) is 5.31. The maximum atomic E-state index is 11.0. The lowest BCUT2D eigenvalue weighted by Crippen LogP contribution is -2.41. The third kappa shape index (κ3) is 6.42. The van der Waals surface area contributed by atoms with Crippen LogP contribution in [-0.4, -0.2) is 27.7 Å². The largest absolute Gasteiger partial charge is 0.396 e. The van der Waals surface area contributed by atoms with E-state index in [-0.39, 0.29) is 10.9 Å². The lowest BCUT2D eigenvalue weighted by molar-refractivity contribution is 0.0956. The van der Waals surface area contributed by atoms with Crippen molar-refractivity contribution >= 4 is 11.8 Å². The van der Waals surface area contributed by atoms with Gasteiger partial charge in [-0.1, -0.05) is 69.6 Å². The Hall–Kier alpha value is -0.510. The van der Waals surface area contributed by atoms with Gasteiger partial charge < -0.3 is 10.2 Å². The van der Waals surface area contributed by atoms with Crippen LogP contribution in [0.4, 0.5) is 0 Å². The molecule has 0 aliphatic heterocycles. The van der Waals surface area contributed by atoms with Gasteiger partial charge in [0.2, 0.25) is 0 Å². The van der Waals surface area contributed by atoms with Crippen LogP contribution >= 0.6 is 11.8 Å². The zero-order chi connectivity index (χ0) is 17.1. The molecule has 0 aromatic heterocycles. The van der Waals surface area contributed by atoms with Gasteiger partial charge in [0, 0.05) is 16.2 Å². The van der Waals surface area contributed by atoms with Crippen molar-refractivity contribution in [2.45, 2.75) is 92.8 Å². The van der Waals surface area contributed by atoms with E-state index in [1.165, 1.54) is 43.4 Å². The van der Waals surface area contributed by atoms with Crippen LogP contribution in [0.25, 0.3) is 0 Å². The lowest BCUT2D eigenvalue weighted by atomic mass is 9.82. The molecule has 0 bridgehead atoms. The minimum absolute atomic E-state index is 0.0243. The second kappa shape index (κ2) is 11.2. The molecule has 2 rings (SSSR count). The Morgan fingerprint density at radius 2 is 1.50 bits per heavy atom. The van der Waals surface area contributed by atoms with Crippen molar-refractivity contribution < 1.29 is 10.2 Å². The normalized spacial score (nSPS) is 18.4. The first-order valence-corrected chi connectivity index (χ1v) is 10.6. The molecule has 1 saturated carbocycles. The highest BCUT2D eigenvalue weighted by atomic mass is 32.2. The van der Waals surface area contributed by atoms with E-state index in [1.807, 2.05) is 11.8 Å². The average Bonchev–Trinajstić information content (AvgIpc) is 2.62. The molecular formula is C21H34O2S. The topological polar surface area (TPSA) is 40.5 Å². The number of thioether (sulfide) groups is 1. The average molecular weight is 351 g/mol. The van der Waals surface area contributed by atoms with Gasteiger partial charge in [0.05, 0.1) is 6.10 Å². The van der Waals surface area contributed by atoms with Gasteiger partial charge in [-0.05, 0) is 37.8 Å². The van der Waals surface area contributed by atoms with Gasteiger partial charge in [-0.25, -0.2) is 0 Å². The summed E-state index contributed by atoms with van der Waals surface area (Å²) in [6.07, 6.45) is 13.7. The Balaban J connectivity index is 1.81. The number of unbranched alkanes of at least 4 members (excludes halogenated alkanes) is 5. The van der Waals surface area contributed by atoms with Crippen molar-refractivity contribution in [2.75, 3.05) is 6.61 Å². The maximum Gasteiger partial charge on any atom is 0.0690 e. The Labute approximate surface area is 152 Å². The van der Waals surface area contributed by atoms with Gasteiger partial charge in [-0.3, -0.25) is 0 Å². The number of hydrogen-bond acceptors (Lipinski definition) is 3. The van der Waals surface area contributed by atoms with E-state index in [1.54, 1.807) is 0 Å². The van der Waals surface area contributed by atoms with Gasteiger partial charge in [0.15, 0.2) is 0 Å². The smallest absolute Gasteiger partial charge is 0.0690 e. The van der Waals surface area contributed by atoms with Crippen molar-refractivity contribution in [3.63, 3.8) is 0 Å². The summed E-state index contributed by atoms with van der Waals surface area (Å²) in [5.74, 6) is 0. The fourth-order valence-electron chi connectivity index (χ4n) is 3.80. The molecule has 1 aromatic carbocycles. The highest BCUT2D eigenvalue weighted by molar-refractivity contribution is 8.00. The molecule has 0 saturated heterocycles. The first-order valence-electron chi connectivity index (χ1n) is 9.80. The number of aliphatic hydroxyl groups is 2. The van der Waals surface area contributed by atoms with E-state index in [4.69, 9.17) is 5.11 Å². The third-order valence-electron chi connectivity index (χ3n) is 5.26. The highest BCUT2D eigenvalue weighted by Crippen LogP contribution is 2.47. The van der Waals surface area contributed by atoms with E-state index in [0.29, 0.717) is 6.61 Å². The summed E-state index contributed by atoms with van der Waals surface area (Å²) in [6.45, 7) is 0.317. The molecule has 1 fully saturated rings. The predicted molar refractivity (Wildman–Crippen MR) is 104 cm³/mol. The second-order valence-corrected chi connectivity index (χ2v) is 8.68. The zero-order valence-electron chi connectivity index (χ0n) is 15.0. The molecule has 1 atom stereocenters. The van der Waals surface area contributed by atoms with Crippen LogP contribution in [0, 0.1) is 0 Å². The summed E-state index contributed by atoms with van der Waals surface area (Å²) in [6, 6.07) is 10.6. The quantitative estimate of drug-likeness (QED) is 0.513. The molecule has 1 unspecified atom stereocenters. The van der Waals surface area contributed by atoms with Crippen molar-refractivity contribution in [3.8, 4) is 0 Å². The summed E-state index contributed by atoms with van der Waals surface area (Å²) >= 11 is 1.92. The van der Waals surface area contributed by atoms with E-state index >= 15 is 0 Å². The molecule has 0 radical (unpaired) electrons. The van der Waals surface area contributed by atoms with Gasteiger partial charge in [-0.15, -0.1) is 11.8 Å². The summed E-state index contributed by atoms with van der Waals surface area (Å²) in [4.78, 5) is 1.29. The Morgan fingerprint density at radius 1 is 0.875 bits per heavy atom. The molecule has 24 heavy (non-hydrogen) atoms. The molecule has 1 aromatic rings. The van der Waals surface area contributed by atoms with E-state index in [9.17, 15) is 5.11 Å². The summed E-state index contributed by atoms with van der Waals surface area (Å²) in [7, 11) is 0. The molecule has 1 aliphatic rings. The minimum atomic E-state index is -0.194. The van der Waals surface area contributed by atoms with Crippen LogP contribution in [-0.2, 0) is 0 Å². The molecule has 2 nitrogen and oxygen atoms in total. The van der Waals surface area contributed by atoms with Crippen molar-refractivity contribution in [2.24, 2.45) is 0 Å². The lowest BCUT2D eigenvalue weighted by Gasteiger charge is -2.41. The molecule has 1 aliphatic carbocycles. The molecule has 0 spiro atoms. The fraction of sp³-hybridized carbons (Fsp3) is 0.714. The SMILES string of the molecule is OCCCCCCCCC(O)C1(Sc2ccccc2)CCCCC1. The van der Waals surface area contributed by atoms with Gasteiger partial charge in [-0.2, -0.15) is 0 Å². The van der Waals surface area contributed by atoms with Crippen LogP contribution in [0.2, 0.25) is 0 Å². The number of hydrogen-bond donors (Lipinski definition) is 2. The third-order valence-corrected chi connectivity index (χ3v) is 6.85. The number of rotatable bonds is 11. The summed E-state index contributed by atoms with van der Waals surface area (Å²) in [5, 5.41) is 19.8. The summed E-state index contributed by atoms with van der Waals surface area (Å²) in [5.41, 5.74) is 0. The van der Waals surface area contributed by atoms with Crippen molar-refractivity contribution in [1.29, 1.82) is 0 Å². The standard InChI is InChI=1S/C21H34O2S/c22-18-12-4-2-1-3-9-15-20(23)21(16-10-6-11-17-21)24-19-13-7-5-8-14-19/h5,7-8,13-14,20,22-23H,1-4,6,9-12,15-18H2. The first kappa shape index (κ1) is 19.8. The second-order valence-electron chi connectivity index (χ2n) is 7.19. The highest BCUT2D eigenvalue weighted by Gasteiger charge is 2.39. The zero-order valence-corrected chi connectivity index (χ0v) is 15.8. The number of benzene rings is 1. The van der Waals surface area contributed by atoms with Crippen LogP contribution in [0.5, 0.6) is 0 Å². The van der Waals surface area contributed by atoms with Crippen LogP contribution < -0.4 is 0 Å². The molecule has 0 heterocycles. The maximum absolute atomic E-state index is 11.0. The van der Waals surface area contributed by atoms with Gasteiger partial charge >= 0.3 is 0 Å². The van der Waals surface area contributed by atoms with E-state index in [0.717, 1.165) is 38.5 Å². The molecule has 3 heteroatoms. The van der Waals surface area contributed by atoms with Crippen molar-refractivity contribution in [1.82, 2.24) is 0 Å². The Kier molecular flexibility index (Phi) is 9.22. The molecule has 2 N–H and O–H groups in total. The number of aliphatic hydroxyl groups excluding tert-OH is 2. The first-order chi connectivity index (χ1) is 11.8. The minimum Gasteiger partial charge on any atom is -0.396 e. The van der Waals surface area contributed by atoms with E-state index in [2.05, 4.69) is 30.3 Å². The van der Waals surface area contributed by atoms with Crippen LogP contribution in [0.3, 0.4) is 0 Å². The van der Waals surface area contributed by atoms with Crippen LogP contribution in [0.1, 0.15) is 77.0 Å². The molecular weight excluding hydrogens is 316 g/mol. The Bertz CT molecular complexity index is 429. The van der Waals surface area contributed by atoms with Crippen LogP contribution in [0.15, 0.2) is 35.2 Å². The van der Waals surface area contributed by atoms with E-state index < -0.39 is 0 Å². The predicted octanol–water partition coefficient (Wildman–Crippen LogP) is 5.57. The monoisotopic (exact) mass is 350 g/mol. The Morgan fingerprint density at radius 3 is 2.17 bits per heavy atom. The summed E-state index contributed by atoms with van der Waals surface area (Å²) < 4.78 is 0.0243. The van der Waals surface area contributed by atoms with Crippen molar-refractivity contribution in [3.05, 3.63) is 30.3 Å².